The summed E-state index contributed by atoms with van der Waals surface area (Å²) in [5, 5.41) is 0. The number of hydrogen-bond donors (Lipinski definition) is 0. The standard InChI is InChI=1S/C6H4Br.C6H7N.4CH3.Ir/c7-6-4-2-1-3-5-6;1-6-4-2-3-5-7-6;;;;;/h1-2,4-5H;2-5H,1H3;4*1H3;/q-1;;4*-1;. The summed E-state index contributed by atoms with van der Waals surface area (Å²) < 4.78 is 1.08. The van der Waals surface area contributed by atoms with Crippen molar-refractivity contribution in [2.75, 3.05) is 0 Å². The Labute approximate surface area is 142 Å². The zero-order valence-corrected chi connectivity index (χ0v) is 16.3. The van der Waals surface area contributed by atoms with Gasteiger partial charge in [-0.05, 0) is 19.1 Å². The molecule has 1 nitrogen and oxygen atoms in total. The van der Waals surface area contributed by atoms with Gasteiger partial charge in [-0.2, -0.15) is 30.3 Å². The normalized spacial score (nSPS) is 6.42. The maximum atomic E-state index is 3.98. The van der Waals surface area contributed by atoms with Gasteiger partial charge in [0.2, 0.25) is 0 Å². The average molecular weight is 501 g/mol. The summed E-state index contributed by atoms with van der Waals surface area (Å²) in [6.45, 7) is 1.97. The molecule has 0 fully saturated rings. The molecule has 0 aliphatic carbocycles. The number of nitrogens with zero attached hydrogens (tertiary/aromatic N) is 1. The molecule has 0 bridgehead atoms. The molecule has 0 aliphatic rings. The van der Waals surface area contributed by atoms with E-state index in [1.54, 1.807) is 6.20 Å². The van der Waals surface area contributed by atoms with Crippen molar-refractivity contribution in [1.29, 1.82) is 0 Å². The van der Waals surface area contributed by atoms with Crippen molar-refractivity contribution < 1.29 is 20.1 Å². The number of halogens is 1. The van der Waals surface area contributed by atoms with E-state index in [4.69, 9.17) is 0 Å². The van der Waals surface area contributed by atoms with E-state index in [1.807, 2.05) is 49.4 Å². The third-order valence-electron chi connectivity index (χ3n) is 1.48. The molecule has 2 aromatic rings. The minimum atomic E-state index is 0. The van der Waals surface area contributed by atoms with Crippen LogP contribution in [-0.2, 0) is 20.1 Å². The van der Waals surface area contributed by atoms with Crippen LogP contribution in [0.25, 0.3) is 0 Å². The Balaban J connectivity index is -0.0000000544. The fourth-order valence-corrected chi connectivity index (χ4v) is 1.10. The second-order valence-electron chi connectivity index (χ2n) is 2.69. The summed E-state index contributed by atoms with van der Waals surface area (Å²) in [7, 11) is 0. The molecule has 0 saturated heterocycles. The molecule has 0 amide bonds. The summed E-state index contributed by atoms with van der Waals surface area (Å²) in [5.41, 5.74) is 1.07. The molecular weight excluding hydrogens is 478 g/mol. The van der Waals surface area contributed by atoms with Gasteiger partial charge in [0.1, 0.15) is 0 Å². The van der Waals surface area contributed by atoms with Crippen molar-refractivity contribution in [3.8, 4) is 0 Å². The molecule has 1 aromatic heterocycles. The fraction of sp³-hybridized carbons (Fsp3) is 0.0625. The third-order valence-corrected chi connectivity index (χ3v) is 1.98. The average Bonchev–Trinajstić information content (AvgIpc) is 2.21. The van der Waals surface area contributed by atoms with Crippen LogP contribution in [-0.4, -0.2) is 4.98 Å². The van der Waals surface area contributed by atoms with Crippen LogP contribution < -0.4 is 0 Å². The first-order valence-electron chi connectivity index (χ1n) is 4.28. The molecule has 19 heavy (non-hydrogen) atoms. The Morgan fingerprint density at radius 2 is 1.63 bits per heavy atom. The van der Waals surface area contributed by atoms with Gasteiger partial charge in [0, 0.05) is 32.0 Å². The van der Waals surface area contributed by atoms with Crippen molar-refractivity contribution >= 4 is 15.9 Å². The molecule has 0 saturated carbocycles. The van der Waals surface area contributed by atoms with Crippen LogP contribution in [0.15, 0.2) is 53.1 Å². The summed E-state index contributed by atoms with van der Waals surface area (Å²) in [4.78, 5) is 3.98. The van der Waals surface area contributed by atoms with E-state index in [0.717, 1.165) is 10.2 Å². The van der Waals surface area contributed by atoms with Gasteiger partial charge in [-0.15, -0.1) is 15.9 Å². The molecule has 1 heterocycles. The van der Waals surface area contributed by atoms with Gasteiger partial charge in [0.05, 0.1) is 0 Å². The number of aryl methyl sites for hydroxylation is 1. The van der Waals surface area contributed by atoms with E-state index >= 15 is 0 Å². The van der Waals surface area contributed by atoms with Crippen molar-refractivity contribution in [2.45, 2.75) is 6.92 Å². The first-order chi connectivity index (χ1) is 6.79. The topological polar surface area (TPSA) is 12.9 Å². The second kappa shape index (κ2) is 19.8. The zero-order chi connectivity index (χ0) is 10.2. The molecule has 0 aliphatic heterocycles. The van der Waals surface area contributed by atoms with Crippen molar-refractivity contribution in [3.05, 3.63) is 94.6 Å². The molecule has 0 spiro atoms. The van der Waals surface area contributed by atoms with E-state index in [9.17, 15) is 0 Å². The molecular formula is C16H23BrIrN-5. The Morgan fingerprint density at radius 1 is 1.00 bits per heavy atom. The van der Waals surface area contributed by atoms with Gasteiger partial charge in [-0.25, -0.2) is 0 Å². The van der Waals surface area contributed by atoms with Crippen LogP contribution in [0.2, 0.25) is 0 Å². The van der Waals surface area contributed by atoms with Crippen LogP contribution in [0, 0.1) is 42.7 Å². The number of pyridine rings is 1. The number of benzene rings is 1. The molecule has 0 atom stereocenters. The Morgan fingerprint density at radius 3 is 1.84 bits per heavy atom. The molecule has 1 aromatic carbocycles. The predicted octanol–water partition coefficient (Wildman–Crippen LogP) is 5.44. The number of rotatable bonds is 0. The van der Waals surface area contributed by atoms with Crippen LogP contribution in [0.1, 0.15) is 5.69 Å². The summed E-state index contributed by atoms with van der Waals surface area (Å²) in [5.74, 6) is 0. The Hall–Kier alpha value is -0.501. The van der Waals surface area contributed by atoms with Crippen molar-refractivity contribution in [3.63, 3.8) is 0 Å². The second-order valence-corrected chi connectivity index (χ2v) is 3.61. The smallest absolute Gasteiger partial charge is 0.0372 e. The Kier molecular flexibility index (Phi) is 32.4. The maximum Gasteiger partial charge on any atom is 0.0372 e. The molecule has 1 radical (unpaired) electrons. The van der Waals surface area contributed by atoms with Crippen molar-refractivity contribution in [1.82, 2.24) is 4.98 Å². The Bertz CT molecular complexity index is 314. The molecule has 3 heteroatoms. The van der Waals surface area contributed by atoms with E-state index < -0.39 is 0 Å². The molecule has 2 rings (SSSR count). The van der Waals surface area contributed by atoms with Crippen molar-refractivity contribution in [2.24, 2.45) is 0 Å². The van der Waals surface area contributed by atoms with E-state index in [-0.39, 0.29) is 49.8 Å². The minimum absolute atomic E-state index is 0. The van der Waals surface area contributed by atoms with E-state index in [0.29, 0.717) is 0 Å². The summed E-state index contributed by atoms with van der Waals surface area (Å²) in [6, 6.07) is 16.4. The van der Waals surface area contributed by atoms with Gasteiger partial charge in [0.25, 0.3) is 0 Å². The fourth-order valence-electron chi connectivity index (χ4n) is 0.820. The van der Waals surface area contributed by atoms with Gasteiger partial charge >= 0.3 is 0 Å². The van der Waals surface area contributed by atoms with Gasteiger partial charge < -0.3 is 29.7 Å². The predicted molar refractivity (Wildman–Crippen MR) is 87.6 cm³/mol. The SMILES string of the molecule is Brc1c[c-]ccc1.Cc1ccccn1.[CH3-].[CH3-].[CH3-].[CH3-].[Ir]. The van der Waals surface area contributed by atoms with Crippen LogP contribution in [0.4, 0.5) is 0 Å². The molecule has 0 unspecified atom stereocenters. The molecule has 113 valence electrons. The summed E-state index contributed by atoms with van der Waals surface area (Å²) in [6.07, 6.45) is 1.79. The van der Waals surface area contributed by atoms with Gasteiger partial charge in [-0.1, -0.05) is 10.5 Å². The van der Waals surface area contributed by atoms with Crippen LogP contribution in [0.5, 0.6) is 0 Å². The van der Waals surface area contributed by atoms with Crippen LogP contribution in [0.3, 0.4) is 0 Å². The first-order valence-corrected chi connectivity index (χ1v) is 5.07. The first kappa shape index (κ1) is 31.1. The third kappa shape index (κ3) is 17.5. The number of hydrogen-bond acceptors (Lipinski definition) is 1. The molecule has 0 N–H and O–H groups in total. The van der Waals surface area contributed by atoms with Gasteiger partial charge in [0.15, 0.2) is 0 Å². The van der Waals surface area contributed by atoms with Crippen LogP contribution >= 0.6 is 15.9 Å². The van der Waals surface area contributed by atoms with E-state index in [2.05, 4.69) is 27.0 Å². The van der Waals surface area contributed by atoms with E-state index in [1.165, 1.54) is 0 Å². The quantitative estimate of drug-likeness (QED) is 0.439. The number of aromatic nitrogens is 1. The largest absolute Gasteiger partial charge is 0.358 e. The van der Waals surface area contributed by atoms with Gasteiger partial charge in [-0.3, -0.25) is 4.98 Å². The maximum absolute atomic E-state index is 3.98. The summed E-state index contributed by atoms with van der Waals surface area (Å²) >= 11 is 3.28. The monoisotopic (exact) mass is 501 g/mol. The zero-order valence-electron chi connectivity index (χ0n) is 12.3. The minimum Gasteiger partial charge on any atom is -0.358 e.